The number of nitrogens with zero attached hydrogens (tertiary/aromatic N) is 4. The van der Waals surface area contributed by atoms with Crippen LogP contribution in [0.25, 0.3) is 20.7 Å². The van der Waals surface area contributed by atoms with Crippen molar-refractivity contribution in [3.05, 3.63) is 41.7 Å². The van der Waals surface area contributed by atoms with E-state index in [9.17, 15) is 0 Å². The summed E-state index contributed by atoms with van der Waals surface area (Å²) in [7, 11) is 1.96. The van der Waals surface area contributed by atoms with Crippen LogP contribution in [-0.2, 0) is 0 Å². The lowest BCUT2D eigenvalue weighted by atomic mass is 10.2. The fourth-order valence-electron chi connectivity index (χ4n) is 2.41. The van der Waals surface area contributed by atoms with Gasteiger partial charge in [-0.15, -0.1) is 11.3 Å². The van der Waals surface area contributed by atoms with Gasteiger partial charge < -0.3 is 4.90 Å². The summed E-state index contributed by atoms with van der Waals surface area (Å²) in [4.78, 5) is 11.9. The number of hydrogen-bond donors (Lipinski definition) is 0. The lowest BCUT2D eigenvalue weighted by molar-refractivity contribution is 0.712. The predicted molar refractivity (Wildman–Crippen MR) is 95.9 cm³/mol. The molecule has 2 heterocycles. The van der Waals surface area contributed by atoms with Gasteiger partial charge in [-0.25, -0.2) is 9.97 Å². The van der Waals surface area contributed by atoms with Crippen LogP contribution in [-0.4, -0.2) is 23.6 Å². The van der Waals surface area contributed by atoms with E-state index in [1.165, 1.54) is 0 Å². The maximum Gasteiger partial charge on any atom is 0.149 e. The Morgan fingerprint density at radius 1 is 1.30 bits per heavy atom. The Hall–Kier alpha value is -2.16. The number of thiophene rings is 1. The van der Waals surface area contributed by atoms with Crippen molar-refractivity contribution in [2.45, 2.75) is 6.92 Å². The van der Waals surface area contributed by atoms with Crippen molar-refractivity contribution in [3.63, 3.8) is 0 Å². The number of aromatic nitrogens is 2. The first-order valence-electron chi connectivity index (χ1n) is 7.19. The third-order valence-corrected chi connectivity index (χ3v) is 4.97. The first-order valence-corrected chi connectivity index (χ1v) is 8.39. The molecule has 3 aromatic rings. The number of benzene rings is 1. The fourth-order valence-corrected chi connectivity index (χ4v) is 3.69. The van der Waals surface area contributed by atoms with Crippen LogP contribution in [0.1, 0.15) is 6.92 Å². The van der Waals surface area contributed by atoms with Crippen molar-refractivity contribution in [2.24, 2.45) is 5.92 Å². The zero-order valence-corrected chi connectivity index (χ0v) is 14.4. The molecular formula is C17H15ClN4S. The molecule has 0 aliphatic carbocycles. The molecule has 0 bridgehead atoms. The molecule has 6 heteroatoms. The van der Waals surface area contributed by atoms with Crippen molar-refractivity contribution in [2.75, 3.05) is 18.5 Å². The van der Waals surface area contributed by atoms with E-state index in [1.807, 2.05) is 43.1 Å². The number of fused-ring (bicyclic) bond motifs is 1. The van der Waals surface area contributed by atoms with Gasteiger partial charge >= 0.3 is 0 Å². The van der Waals surface area contributed by atoms with Crippen molar-refractivity contribution in [3.8, 4) is 16.5 Å². The van der Waals surface area contributed by atoms with Crippen LogP contribution in [0, 0.1) is 17.2 Å². The van der Waals surface area contributed by atoms with Crippen molar-refractivity contribution in [1.82, 2.24) is 9.97 Å². The molecule has 0 unspecified atom stereocenters. The molecule has 0 spiro atoms. The molecule has 1 aromatic carbocycles. The molecule has 23 heavy (non-hydrogen) atoms. The van der Waals surface area contributed by atoms with E-state index in [1.54, 1.807) is 17.7 Å². The monoisotopic (exact) mass is 342 g/mol. The number of rotatable bonds is 4. The number of anilines is 1. The minimum Gasteiger partial charge on any atom is -0.357 e. The van der Waals surface area contributed by atoms with E-state index in [4.69, 9.17) is 16.9 Å². The minimum absolute atomic E-state index is 0.0549. The molecule has 116 valence electrons. The normalized spacial score (nSPS) is 12.1. The Bertz CT molecular complexity index is 866. The molecular weight excluding hydrogens is 328 g/mol. The Balaban J connectivity index is 2.01. The molecule has 0 aliphatic rings. The first kappa shape index (κ1) is 15.7. The van der Waals surface area contributed by atoms with Crippen molar-refractivity contribution < 1.29 is 0 Å². The molecule has 0 amide bonds. The number of hydrogen-bond acceptors (Lipinski definition) is 5. The molecule has 0 radical (unpaired) electrons. The summed E-state index contributed by atoms with van der Waals surface area (Å²) < 4.78 is 1.03. The summed E-state index contributed by atoms with van der Waals surface area (Å²) in [6.45, 7) is 2.54. The Morgan fingerprint density at radius 2 is 2.04 bits per heavy atom. The summed E-state index contributed by atoms with van der Waals surface area (Å²) in [6, 6.07) is 12.1. The Labute approximate surface area is 144 Å². The topological polar surface area (TPSA) is 52.8 Å². The average molecular weight is 343 g/mol. The third kappa shape index (κ3) is 3.29. The fraction of sp³-hybridized carbons (Fsp3) is 0.235. The van der Waals surface area contributed by atoms with Crippen molar-refractivity contribution in [1.29, 1.82) is 5.26 Å². The molecule has 0 aliphatic heterocycles. The van der Waals surface area contributed by atoms with Crippen LogP contribution in [0.5, 0.6) is 0 Å². The van der Waals surface area contributed by atoms with Crippen LogP contribution in [0.15, 0.2) is 36.7 Å². The van der Waals surface area contributed by atoms with Crippen LogP contribution in [0.3, 0.4) is 0 Å². The van der Waals surface area contributed by atoms with E-state index in [-0.39, 0.29) is 5.92 Å². The lowest BCUT2D eigenvalue weighted by Crippen LogP contribution is -2.24. The molecule has 0 N–H and O–H groups in total. The van der Waals surface area contributed by atoms with Crippen LogP contribution < -0.4 is 4.90 Å². The highest BCUT2D eigenvalue weighted by Gasteiger charge is 2.15. The maximum absolute atomic E-state index is 9.00. The summed E-state index contributed by atoms with van der Waals surface area (Å²) >= 11 is 7.61. The van der Waals surface area contributed by atoms with E-state index < -0.39 is 0 Å². The summed E-state index contributed by atoms with van der Waals surface area (Å²) in [6.07, 6.45) is 1.57. The summed E-state index contributed by atoms with van der Waals surface area (Å²) in [5, 5.41) is 9.72. The van der Waals surface area contributed by atoms with E-state index >= 15 is 0 Å². The average Bonchev–Trinajstić information content (AvgIpc) is 2.99. The molecule has 0 fully saturated rings. The molecule has 2 aromatic heterocycles. The SMILES string of the molecule is C[C@H](C#N)CN(C)c1ncnc2cc(-c3ccc(Cl)cc3)sc12. The highest BCUT2D eigenvalue weighted by Crippen LogP contribution is 2.36. The molecule has 1 atom stereocenters. The minimum atomic E-state index is -0.0549. The summed E-state index contributed by atoms with van der Waals surface area (Å²) in [5.41, 5.74) is 2.03. The predicted octanol–water partition coefficient (Wildman–Crippen LogP) is 4.61. The highest BCUT2D eigenvalue weighted by molar-refractivity contribution is 7.22. The molecule has 0 saturated heterocycles. The lowest BCUT2D eigenvalue weighted by Gasteiger charge is -2.19. The number of halogens is 1. The second-order valence-electron chi connectivity index (χ2n) is 5.44. The van der Waals surface area contributed by atoms with Gasteiger partial charge in [0.2, 0.25) is 0 Å². The second-order valence-corrected chi connectivity index (χ2v) is 6.93. The standard InChI is InChI=1S/C17H15ClN4S/c1-11(8-19)9-22(2)17-16-14(20-10-21-17)7-15(23-16)12-3-5-13(18)6-4-12/h3-7,10-11H,9H2,1-2H3/t11-/m1/s1. The molecule has 0 saturated carbocycles. The van der Waals surface area contributed by atoms with Gasteiger partial charge in [0.05, 0.1) is 22.2 Å². The first-order chi connectivity index (χ1) is 11.1. The zero-order chi connectivity index (χ0) is 16.4. The van der Waals surface area contributed by atoms with E-state index in [2.05, 4.69) is 22.1 Å². The van der Waals surface area contributed by atoms with Gasteiger partial charge in [0.1, 0.15) is 12.1 Å². The third-order valence-electron chi connectivity index (χ3n) is 3.55. The zero-order valence-electron chi connectivity index (χ0n) is 12.8. The van der Waals surface area contributed by atoms with E-state index in [0.717, 1.165) is 31.5 Å². The van der Waals surface area contributed by atoms with Crippen LogP contribution >= 0.6 is 22.9 Å². The Morgan fingerprint density at radius 3 is 2.74 bits per heavy atom. The highest BCUT2D eigenvalue weighted by atomic mass is 35.5. The molecule has 3 rings (SSSR count). The second kappa shape index (κ2) is 6.53. The van der Waals surface area contributed by atoms with Gasteiger partial charge in [-0.1, -0.05) is 23.7 Å². The Kier molecular flexibility index (Phi) is 4.46. The quantitative estimate of drug-likeness (QED) is 0.694. The van der Waals surface area contributed by atoms with E-state index in [0.29, 0.717) is 6.54 Å². The van der Waals surface area contributed by atoms with Crippen molar-refractivity contribution >= 4 is 39.0 Å². The van der Waals surface area contributed by atoms with Gasteiger partial charge in [-0.05, 0) is 30.7 Å². The largest absolute Gasteiger partial charge is 0.357 e. The summed E-state index contributed by atoms with van der Waals surface area (Å²) in [5.74, 6) is 0.808. The van der Waals surface area contributed by atoms with Gasteiger partial charge in [0.25, 0.3) is 0 Å². The van der Waals surface area contributed by atoms with Gasteiger partial charge in [-0.2, -0.15) is 5.26 Å². The van der Waals surface area contributed by atoms with Crippen LogP contribution in [0.2, 0.25) is 5.02 Å². The number of nitriles is 1. The van der Waals surface area contributed by atoms with Gasteiger partial charge in [-0.3, -0.25) is 0 Å². The van der Waals surface area contributed by atoms with Crippen LogP contribution in [0.4, 0.5) is 5.82 Å². The van der Waals surface area contributed by atoms with Gasteiger partial charge in [0.15, 0.2) is 0 Å². The maximum atomic E-state index is 9.00. The van der Waals surface area contributed by atoms with Gasteiger partial charge in [0, 0.05) is 23.5 Å². The smallest absolute Gasteiger partial charge is 0.149 e. The molecule has 4 nitrogen and oxygen atoms in total.